The number of sulfonamides is 1. The van der Waals surface area contributed by atoms with Crippen LogP contribution in [0.4, 0.5) is 11.4 Å². The molecule has 7 heteroatoms. The van der Waals surface area contributed by atoms with E-state index in [1.807, 2.05) is 31.2 Å². The number of aryl methyl sites for hydroxylation is 1. The van der Waals surface area contributed by atoms with Gasteiger partial charge in [0.2, 0.25) is 5.91 Å². The van der Waals surface area contributed by atoms with Gasteiger partial charge in [0.25, 0.3) is 10.0 Å². The number of carbonyl (C=O) groups excluding carboxylic acids is 1. The van der Waals surface area contributed by atoms with Crippen LogP contribution in [0.5, 0.6) is 0 Å². The van der Waals surface area contributed by atoms with Crippen LogP contribution in [0.3, 0.4) is 0 Å². The molecule has 0 saturated carbocycles. The van der Waals surface area contributed by atoms with E-state index in [9.17, 15) is 13.2 Å². The molecule has 144 valence electrons. The number of nitrogens with one attached hydrogen (secondary N) is 2. The average molecular weight is 415 g/mol. The molecule has 0 bridgehead atoms. The molecule has 0 aliphatic rings. The van der Waals surface area contributed by atoms with E-state index in [4.69, 9.17) is 11.6 Å². The van der Waals surface area contributed by atoms with Gasteiger partial charge >= 0.3 is 0 Å². The molecule has 28 heavy (non-hydrogen) atoms. The highest BCUT2D eigenvalue weighted by atomic mass is 35.5. The average Bonchev–Trinajstić information content (AvgIpc) is 2.65. The Morgan fingerprint density at radius 2 is 1.68 bits per heavy atom. The maximum Gasteiger partial charge on any atom is 0.262 e. The van der Waals surface area contributed by atoms with Gasteiger partial charge in [-0.3, -0.25) is 9.52 Å². The fourth-order valence-electron chi connectivity index (χ4n) is 2.59. The third-order valence-corrected chi connectivity index (χ3v) is 5.72. The van der Waals surface area contributed by atoms with Crippen LogP contribution in [0.25, 0.3) is 0 Å². The number of hydrogen-bond acceptors (Lipinski definition) is 3. The van der Waals surface area contributed by atoms with Gasteiger partial charge in [-0.1, -0.05) is 59.6 Å². The van der Waals surface area contributed by atoms with Gasteiger partial charge in [-0.15, -0.1) is 0 Å². The minimum atomic E-state index is -3.84. The molecule has 2 N–H and O–H groups in total. The predicted molar refractivity (Wildman–Crippen MR) is 112 cm³/mol. The standard InChI is InChI=1S/C21H19ClN2O3S/c1-15-9-11-16(12-10-15)13-21(25)23-17-5-4-6-18(14-17)28(26,27)24-20-8-3-2-7-19(20)22/h2-12,14,24H,13H2,1H3,(H,23,25). The third kappa shape index (κ3) is 5.12. The van der Waals surface area contributed by atoms with Gasteiger partial charge in [-0.25, -0.2) is 8.42 Å². The normalized spacial score (nSPS) is 11.1. The van der Waals surface area contributed by atoms with Crippen molar-refractivity contribution in [1.29, 1.82) is 0 Å². The first-order chi connectivity index (χ1) is 13.3. The molecule has 0 aliphatic carbocycles. The molecular weight excluding hydrogens is 396 g/mol. The molecule has 0 saturated heterocycles. The van der Waals surface area contributed by atoms with E-state index >= 15 is 0 Å². The van der Waals surface area contributed by atoms with E-state index in [1.54, 1.807) is 36.4 Å². The number of carbonyl (C=O) groups is 1. The Bertz CT molecular complexity index is 1100. The zero-order valence-corrected chi connectivity index (χ0v) is 16.7. The van der Waals surface area contributed by atoms with E-state index < -0.39 is 10.0 Å². The summed E-state index contributed by atoms with van der Waals surface area (Å²) in [6, 6.07) is 20.3. The summed E-state index contributed by atoms with van der Waals surface area (Å²) >= 11 is 6.02. The molecule has 0 heterocycles. The highest BCUT2D eigenvalue weighted by Crippen LogP contribution is 2.25. The Kier molecular flexibility index (Phi) is 6.02. The van der Waals surface area contributed by atoms with Gasteiger partial charge in [0, 0.05) is 5.69 Å². The largest absolute Gasteiger partial charge is 0.326 e. The molecular formula is C21H19ClN2O3S. The predicted octanol–water partition coefficient (Wildman–Crippen LogP) is 4.63. The van der Waals surface area contributed by atoms with E-state index in [-0.39, 0.29) is 22.9 Å². The lowest BCUT2D eigenvalue weighted by molar-refractivity contribution is -0.115. The van der Waals surface area contributed by atoms with E-state index in [0.29, 0.717) is 10.7 Å². The smallest absolute Gasteiger partial charge is 0.262 e. The number of amides is 1. The molecule has 1 amide bonds. The summed E-state index contributed by atoms with van der Waals surface area (Å²) in [7, 11) is -3.84. The van der Waals surface area contributed by atoms with Crippen LogP contribution in [-0.4, -0.2) is 14.3 Å². The Balaban J connectivity index is 1.73. The lowest BCUT2D eigenvalue weighted by atomic mass is 10.1. The van der Waals surface area contributed by atoms with Crippen LogP contribution in [-0.2, 0) is 21.2 Å². The molecule has 0 atom stereocenters. The van der Waals surface area contributed by atoms with Crippen molar-refractivity contribution in [3.63, 3.8) is 0 Å². The van der Waals surface area contributed by atoms with Crippen LogP contribution in [0.2, 0.25) is 5.02 Å². The zero-order chi connectivity index (χ0) is 20.1. The molecule has 0 fully saturated rings. The second kappa shape index (κ2) is 8.46. The number of hydrogen-bond donors (Lipinski definition) is 2. The lowest BCUT2D eigenvalue weighted by Crippen LogP contribution is -2.16. The fourth-order valence-corrected chi connectivity index (χ4v) is 3.95. The lowest BCUT2D eigenvalue weighted by Gasteiger charge is -2.11. The molecule has 5 nitrogen and oxygen atoms in total. The Labute approximate surface area is 169 Å². The van der Waals surface area contributed by atoms with E-state index in [0.717, 1.165) is 11.1 Å². The van der Waals surface area contributed by atoms with Crippen molar-refractivity contribution in [2.75, 3.05) is 10.0 Å². The van der Waals surface area contributed by atoms with Crippen LogP contribution >= 0.6 is 11.6 Å². The summed E-state index contributed by atoms with van der Waals surface area (Å²) < 4.78 is 27.7. The van der Waals surface area contributed by atoms with Crippen molar-refractivity contribution in [2.45, 2.75) is 18.2 Å². The highest BCUT2D eigenvalue weighted by Gasteiger charge is 2.16. The van der Waals surface area contributed by atoms with Crippen molar-refractivity contribution < 1.29 is 13.2 Å². The molecule has 3 aromatic carbocycles. The first kappa shape index (κ1) is 19.9. The Morgan fingerprint density at radius 3 is 2.39 bits per heavy atom. The van der Waals surface area contributed by atoms with Crippen molar-refractivity contribution in [3.8, 4) is 0 Å². The SMILES string of the molecule is Cc1ccc(CC(=O)Nc2cccc(S(=O)(=O)Nc3ccccc3Cl)c2)cc1. The van der Waals surface area contributed by atoms with Crippen molar-refractivity contribution >= 4 is 38.9 Å². The first-order valence-corrected chi connectivity index (χ1v) is 10.4. The molecule has 0 spiro atoms. The van der Waals surface area contributed by atoms with Crippen LogP contribution in [0.1, 0.15) is 11.1 Å². The Morgan fingerprint density at radius 1 is 0.964 bits per heavy atom. The van der Waals surface area contributed by atoms with Gasteiger partial charge in [-0.2, -0.15) is 0 Å². The summed E-state index contributed by atoms with van der Waals surface area (Å²) in [4.78, 5) is 12.3. The molecule has 3 rings (SSSR count). The van der Waals surface area contributed by atoms with Gasteiger partial charge in [-0.05, 0) is 42.8 Å². The number of para-hydroxylation sites is 1. The van der Waals surface area contributed by atoms with Gasteiger partial charge < -0.3 is 5.32 Å². The number of benzene rings is 3. The maximum atomic E-state index is 12.6. The molecule has 0 unspecified atom stereocenters. The summed E-state index contributed by atoms with van der Waals surface area (Å²) in [5.74, 6) is -0.225. The molecule has 0 aliphatic heterocycles. The Hall–Kier alpha value is -2.83. The van der Waals surface area contributed by atoms with Crippen LogP contribution in [0.15, 0.2) is 77.7 Å². The summed E-state index contributed by atoms with van der Waals surface area (Å²) in [5.41, 5.74) is 2.69. The minimum absolute atomic E-state index is 0.0283. The molecule has 0 radical (unpaired) electrons. The summed E-state index contributed by atoms with van der Waals surface area (Å²) in [5, 5.41) is 3.04. The second-order valence-electron chi connectivity index (χ2n) is 6.32. The number of rotatable bonds is 6. The minimum Gasteiger partial charge on any atom is -0.326 e. The quantitative estimate of drug-likeness (QED) is 0.617. The van der Waals surface area contributed by atoms with Crippen molar-refractivity contribution in [3.05, 3.63) is 88.9 Å². The maximum absolute atomic E-state index is 12.6. The van der Waals surface area contributed by atoms with Gasteiger partial charge in [0.05, 0.1) is 22.0 Å². The topological polar surface area (TPSA) is 75.3 Å². The first-order valence-electron chi connectivity index (χ1n) is 8.56. The summed E-state index contributed by atoms with van der Waals surface area (Å²) in [6.45, 7) is 1.98. The zero-order valence-electron chi connectivity index (χ0n) is 15.1. The second-order valence-corrected chi connectivity index (χ2v) is 8.41. The molecule has 3 aromatic rings. The monoisotopic (exact) mass is 414 g/mol. The fraction of sp³-hybridized carbons (Fsp3) is 0.0952. The van der Waals surface area contributed by atoms with Gasteiger partial charge in [0.15, 0.2) is 0 Å². The number of anilines is 2. The van der Waals surface area contributed by atoms with Crippen molar-refractivity contribution in [2.24, 2.45) is 0 Å². The van der Waals surface area contributed by atoms with Gasteiger partial charge in [0.1, 0.15) is 0 Å². The van der Waals surface area contributed by atoms with Crippen molar-refractivity contribution in [1.82, 2.24) is 0 Å². The number of halogens is 1. The highest BCUT2D eigenvalue weighted by molar-refractivity contribution is 7.92. The summed E-state index contributed by atoms with van der Waals surface area (Å²) in [6.07, 6.45) is 0.204. The van der Waals surface area contributed by atoms with E-state index in [2.05, 4.69) is 10.0 Å². The van der Waals surface area contributed by atoms with Crippen LogP contribution in [0, 0.1) is 6.92 Å². The third-order valence-electron chi connectivity index (χ3n) is 4.03. The molecule has 0 aromatic heterocycles. The van der Waals surface area contributed by atoms with Crippen LogP contribution < -0.4 is 10.0 Å². The van der Waals surface area contributed by atoms with E-state index in [1.165, 1.54) is 12.1 Å².